The lowest BCUT2D eigenvalue weighted by Gasteiger charge is -2.15. The van der Waals surface area contributed by atoms with Gasteiger partial charge in [0.25, 0.3) is 5.91 Å². The van der Waals surface area contributed by atoms with Crippen molar-refractivity contribution in [3.63, 3.8) is 0 Å². The lowest BCUT2D eigenvalue weighted by molar-refractivity contribution is -0.118. The summed E-state index contributed by atoms with van der Waals surface area (Å²) in [5.74, 6) is 0.920. The van der Waals surface area contributed by atoms with Crippen LogP contribution in [0.4, 0.5) is 5.69 Å². The smallest absolute Gasteiger partial charge is 0.262 e. The van der Waals surface area contributed by atoms with Gasteiger partial charge in [-0.2, -0.15) is 0 Å². The first kappa shape index (κ1) is 17.5. The van der Waals surface area contributed by atoms with Crippen molar-refractivity contribution < 1.29 is 9.53 Å². The zero-order chi connectivity index (χ0) is 17.0. The van der Waals surface area contributed by atoms with E-state index >= 15 is 0 Å². The van der Waals surface area contributed by atoms with Gasteiger partial charge < -0.3 is 10.1 Å². The molecule has 0 saturated carbocycles. The summed E-state index contributed by atoms with van der Waals surface area (Å²) in [4.78, 5) is 12.2. The van der Waals surface area contributed by atoms with E-state index in [0.29, 0.717) is 5.92 Å². The number of carbonyl (C=O) groups excluding carboxylic acids is 1. The standard InChI is InChI=1S/C19H22BrNO2/c1-12(2)16-10-15(20)8-9-17(16)23-11-18(22)21-19-13(3)6-5-7-14(19)4/h5-10,12H,11H2,1-4H3,(H,21,22). The highest BCUT2D eigenvalue weighted by Crippen LogP contribution is 2.29. The van der Waals surface area contributed by atoms with Gasteiger partial charge in [0.1, 0.15) is 5.75 Å². The van der Waals surface area contributed by atoms with Gasteiger partial charge in [0, 0.05) is 10.2 Å². The number of carbonyl (C=O) groups is 1. The second kappa shape index (κ2) is 7.64. The highest BCUT2D eigenvalue weighted by atomic mass is 79.9. The number of halogens is 1. The minimum atomic E-state index is -0.153. The fraction of sp³-hybridized carbons (Fsp3) is 0.316. The third kappa shape index (κ3) is 4.58. The lowest BCUT2D eigenvalue weighted by Crippen LogP contribution is -2.21. The number of nitrogens with one attached hydrogen (secondary N) is 1. The third-order valence-corrected chi connectivity index (χ3v) is 4.19. The first-order valence-electron chi connectivity index (χ1n) is 7.66. The van der Waals surface area contributed by atoms with E-state index in [-0.39, 0.29) is 12.5 Å². The summed E-state index contributed by atoms with van der Waals surface area (Å²) in [5.41, 5.74) is 4.04. The maximum Gasteiger partial charge on any atom is 0.262 e. The van der Waals surface area contributed by atoms with Gasteiger partial charge in [-0.15, -0.1) is 0 Å². The second-order valence-electron chi connectivity index (χ2n) is 5.94. The van der Waals surface area contributed by atoms with Crippen LogP contribution in [0.3, 0.4) is 0 Å². The molecule has 0 heterocycles. The quantitative estimate of drug-likeness (QED) is 0.778. The van der Waals surface area contributed by atoms with E-state index in [2.05, 4.69) is 35.1 Å². The molecule has 0 fully saturated rings. The number of benzene rings is 2. The van der Waals surface area contributed by atoms with Crippen molar-refractivity contribution in [2.45, 2.75) is 33.6 Å². The summed E-state index contributed by atoms with van der Waals surface area (Å²) in [6, 6.07) is 11.8. The lowest BCUT2D eigenvalue weighted by atomic mass is 10.0. The second-order valence-corrected chi connectivity index (χ2v) is 6.86. The Morgan fingerprint density at radius 2 is 1.83 bits per heavy atom. The average molecular weight is 376 g/mol. The number of rotatable bonds is 5. The fourth-order valence-electron chi connectivity index (χ4n) is 2.43. The van der Waals surface area contributed by atoms with Crippen molar-refractivity contribution in [1.82, 2.24) is 0 Å². The Morgan fingerprint density at radius 3 is 2.43 bits per heavy atom. The molecule has 0 bridgehead atoms. The normalized spacial score (nSPS) is 10.7. The molecule has 2 rings (SSSR count). The molecule has 0 aliphatic heterocycles. The van der Waals surface area contributed by atoms with Crippen LogP contribution >= 0.6 is 15.9 Å². The number of hydrogen-bond acceptors (Lipinski definition) is 2. The highest BCUT2D eigenvalue weighted by Gasteiger charge is 2.12. The minimum Gasteiger partial charge on any atom is -0.483 e. The number of para-hydroxylation sites is 1. The molecule has 122 valence electrons. The average Bonchev–Trinajstić information content (AvgIpc) is 2.49. The summed E-state index contributed by atoms with van der Waals surface area (Å²) >= 11 is 3.47. The summed E-state index contributed by atoms with van der Waals surface area (Å²) < 4.78 is 6.74. The molecule has 23 heavy (non-hydrogen) atoms. The molecule has 0 aromatic heterocycles. The maximum atomic E-state index is 12.2. The van der Waals surface area contributed by atoms with Gasteiger partial charge in [-0.05, 0) is 54.7 Å². The van der Waals surface area contributed by atoms with Crippen LogP contribution in [0.5, 0.6) is 5.75 Å². The van der Waals surface area contributed by atoms with Gasteiger partial charge in [-0.1, -0.05) is 48.0 Å². The van der Waals surface area contributed by atoms with Crippen LogP contribution < -0.4 is 10.1 Å². The third-order valence-electron chi connectivity index (χ3n) is 3.70. The zero-order valence-corrected chi connectivity index (χ0v) is 15.5. The van der Waals surface area contributed by atoms with Crippen LogP contribution in [0.15, 0.2) is 40.9 Å². The topological polar surface area (TPSA) is 38.3 Å². The molecule has 0 spiro atoms. The van der Waals surface area contributed by atoms with Crippen LogP contribution in [0.2, 0.25) is 0 Å². The molecule has 0 atom stereocenters. The maximum absolute atomic E-state index is 12.2. The SMILES string of the molecule is Cc1cccc(C)c1NC(=O)COc1ccc(Br)cc1C(C)C. The van der Waals surface area contributed by atoms with Crippen LogP contribution in [0.1, 0.15) is 36.5 Å². The summed E-state index contributed by atoms with van der Waals surface area (Å²) in [6.07, 6.45) is 0. The molecular formula is C19H22BrNO2. The first-order valence-corrected chi connectivity index (χ1v) is 8.46. The Morgan fingerprint density at radius 1 is 1.17 bits per heavy atom. The van der Waals surface area contributed by atoms with Gasteiger partial charge in [0.05, 0.1) is 0 Å². The van der Waals surface area contributed by atoms with Crippen molar-refractivity contribution in [3.8, 4) is 5.75 Å². The Balaban J connectivity index is 2.05. The van der Waals surface area contributed by atoms with Gasteiger partial charge in [0.2, 0.25) is 0 Å². The summed E-state index contributed by atoms with van der Waals surface area (Å²) in [5, 5.41) is 2.94. The van der Waals surface area contributed by atoms with Crippen LogP contribution in [0, 0.1) is 13.8 Å². The molecule has 0 unspecified atom stereocenters. The number of amides is 1. The van der Waals surface area contributed by atoms with E-state index in [0.717, 1.165) is 32.6 Å². The Labute approximate surface area is 146 Å². The van der Waals surface area contributed by atoms with Crippen molar-refractivity contribution in [2.75, 3.05) is 11.9 Å². The van der Waals surface area contributed by atoms with Crippen molar-refractivity contribution in [3.05, 3.63) is 57.6 Å². The van der Waals surface area contributed by atoms with Crippen molar-refractivity contribution >= 4 is 27.5 Å². The number of ether oxygens (including phenoxy) is 1. The first-order chi connectivity index (χ1) is 10.9. The highest BCUT2D eigenvalue weighted by molar-refractivity contribution is 9.10. The Kier molecular flexibility index (Phi) is 5.83. The molecule has 0 radical (unpaired) electrons. The summed E-state index contributed by atoms with van der Waals surface area (Å²) in [7, 11) is 0. The number of hydrogen-bond donors (Lipinski definition) is 1. The predicted molar refractivity (Wildman–Crippen MR) is 98.3 cm³/mol. The van der Waals surface area contributed by atoms with Gasteiger partial charge >= 0.3 is 0 Å². The van der Waals surface area contributed by atoms with E-state index in [4.69, 9.17) is 4.74 Å². The summed E-state index contributed by atoms with van der Waals surface area (Å²) in [6.45, 7) is 8.16. The molecular weight excluding hydrogens is 354 g/mol. The van der Waals surface area contributed by atoms with Crippen molar-refractivity contribution in [1.29, 1.82) is 0 Å². The van der Waals surface area contributed by atoms with Gasteiger partial charge in [0.15, 0.2) is 6.61 Å². The van der Waals surface area contributed by atoms with Gasteiger partial charge in [-0.25, -0.2) is 0 Å². The monoisotopic (exact) mass is 375 g/mol. The molecule has 1 amide bonds. The predicted octanol–water partition coefficient (Wildman–Crippen LogP) is 5.21. The van der Waals surface area contributed by atoms with E-state index in [1.54, 1.807) is 0 Å². The Bertz CT molecular complexity index is 690. The molecule has 2 aromatic rings. The molecule has 2 aromatic carbocycles. The Hall–Kier alpha value is -1.81. The van der Waals surface area contributed by atoms with Crippen LogP contribution in [0.25, 0.3) is 0 Å². The largest absolute Gasteiger partial charge is 0.483 e. The van der Waals surface area contributed by atoms with E-state index in [9.17, 15) is 4.79 Å². The minimum absolute atomic E-state index is 0.00483. The molecule has 4 heteroatoms. The molecule has 1 N–H and O–H groups in total. The molecule has 3 nitrogen and oxygen atoms in total. The van der Waals surface area contributed by atoms with E-state index < -0.39 is 0 Å². The van der Waals surface area contributed by atoms with Gasteiger partial charge in [-0.3, -0.25) is 4.79 Å². The van der Waals surface area contributed by atoms with Crippen LogP contribution in [-0.4, -0.2) is 12.5 Å². The van der Waals surface area contributed by atoms with E-state index in [1.807, 2.05) is 50.2 Å². The molecule has 0 aliphatic carbocycles. The molecule has 0 saturated heterocycles. The zero-order valence-electron chi connectivity index (χ0n) is 13.9. The number of aryl methyl sites for hydroxylation is 2. The number of anilines is 1. The van der Waals surface area contributed by atoms with E-state index in [1.165, 1.54) is 0 Å². The van der Waals surface area contributed by atoms with Crippen LogP contribution in [-0.2, 0) is 4.79 Å². The fourth-order valence-corrected chi connectivity index (χ4v) is 2.81. The van der Waals surface area contributed by atoms with Crippen molar-refractivity contribution in [2.24, 2.45) is 0 Å². The molecule has 0 aliphatic rings.